The van der Waals surface area contributed by atoms with Crippen molar-refractivity contribution in [1.29, 1.82) is 0 Å². The first-order valence-corrected chi connectivity index (χ1v) is 2.89. The second-order valence-corrected chi connectivity index (χ2v) is 2.20. The Morgan fingerprint density at radius 3 is 2.71 bits per heavy atom. The van der Waals surface area contributed by atoms with Gasteiger partial charge in [0.2, 0.25) is 0 Å². The van der Waals surface area contributed by atoms with Crippen molar-refractivity contribution in [2.45, 2.75) is 12.8 Å². The van der Waals surface area contributed by atoms with Crippen molar-refractivity contribution in [1.82, 2.24) is 0 Å². The van der Waals surface area contributed by atoms with Crippen molar-refractivity contribution in [2.75, 3.05) is 0 Å². The molecule has 7 heavy (non-hydrogen) atoms. The maximum absolute atomic E-state index is 4.17. The highest BCUT2D eigenvalue weighted by molar-refractivity contribution is 7.84. The van der Waals surface area contributed by atoms with Crippen LogP contribution in [-0.4, -0.2) is 0 Å². The van der Waals surface area contributed by atoms with E-state index in [9.17, 15) is 0 Å². The van der Waals surface area contributed by atoms with Gasteiger partial charge in [0.1, 0.15) is 0 Å². The highest BCUT2D eigenvalue weighted by Crippen LogP contribution is 2.13. The zero-order chi connectivity index (χ0) is 5.11. The van der Waals surface area contributed by atoms with Gasteiger partial charge in [-0.3, -0.25) is 0 Å². The van der Waals surface area contributed by atoms with E-state index < -0.39 is 0 Å². The Balaban J connectivity index is 2.57. The zero-order valence-corrected chi connectivity index (χ0v) is 4.99. The molecule has 0 radical (unpaired) electrons. The molecule has 0 atom stereocenters. The normalized spacial score (nSPS) is 19.3. The van der Waals surface area contributed by atoms with Crippen LogP contribution in [0.25, 0.3) is 0 Å². The third-order valence-corrected chi connectivity index (χ3v) is 1.36. The molecule has 0 amide bonds. The maximum atomic E-state index is 4.17. The third-order valence-electron chi connectivity index (χ3n) is 0.992. The molecule has 1 heteroatoms. The number of rotatable bonds is 0. The van der Waals surface area contributed by atoms with E-state index in [2.05, 4.69) is 18.7 Å². The molecule has 1 rings (SSSR count). The molecule has 0 bridgehead atoms. The van der Waals surface area contributed by atoms with Crippen molar-refractivity contribution in [3.63, 3.8) is 0 Å². The van der Waals surface area contributed by atoms with Crippen LogP contribution in [-0.2, 0) is 0 Å². The summed E-state index contributed by atoms with van der Waals surface area (Å²) >= 11 is 4.17. The SMILES string of the molecule is SC1=CC=CCC1. The Morgan fingerprint density at radius 1 is 1.57 bits per heavy atom. The van der Waals surface area contributed by atoms with Gasteiger partial charge in [0.05, 0.1) is 0 Å². The highest BCUT2D eigenvalue weighted by Gasteiger charge is 1.89. The fraction of sp³-hybridized carbons (Fsp3) is 0.333. The van der Waals surface area contributed by atoms with Gasteiger partial charge in [-0.05, 0) is 17.7 Å². The second-order valence-electron chi connectivity index (χ2n) is 1.62. The molecule has 0 aromatic rings. The molecule has 0 N–H and O–H groups in total. The van der Waals surface area contributed by atoms with Gasteiger partial charge in [-0.1, -0.05) is 18.2 Å². The van der Waals surface area contributed by atoms with Gasteiger partial charge < -0.3 is 0 Å². The van der Waals surface area contributed by atoms with Crippen molar-refractivity contribution in [3.8, 4) is 0 Å². The molecule has 0 aromatic carbocycles. The average molecular weight is 112 g/mol. The summed E-state index contributed by atoms with van der Waals surface area (Å²) in [6.45, 7) is 0. The molecule has 0 saturated heterocycles. The van der Waals surface area contributed by atoms with Crippen molar-refractivity contribution >= 4 is 12.6 Å². The van der Waals surface area contributed by atoms with Crippen LogP contribution in [0.4, 0.5) is 0 Å². The van der Waals surface area contributed by atoms with Gasteiger partial charge in [0, 0.05) is 0 Å². The van der Waals surface area contributed by atoms with Gasteiger partial charge in [-0.15, -0.1) is 12.6 Å². The van der Waals surface area contributed by atoms with Gasteiger partial charge in [0.25, 0.3) is 0 Å². The monoisotopic (exact) mass is 112 g/mol. The lowest BCUT2D eigenvalue weighted by Gasteiger charge is -1.97. The second kappa shape index (κ2) is 2.22. The van der Waals surface area contributed by atoms with E-state index in [1.54, 1.807) is 0 Å². The van der Waals surface area contributed by atoms with Crippen molar-refractivity contribution < 1.29 is 0 Å². The molecule has 0 unspecified atom stereocenters. The highest BCUT2D eigenvalue weighted by atomic mass is 32.1. The quantitative estimate of drug-likeness (QED) is 0.456. The van der Waals surface area contributed by atoms with Crippen LogP contribution in [0.5, 0.6) is 0 Å². The number of hydrogen-bond donors (Lipinski definition) is 1. The predicted molar refractivity (Wildman–Crippen MR) is 35.4 cm³/mol. The molecular formula is C6H8S. The molecule has 0 heterocycles. The first-order valence-electron chi connectivity index (χ1n) is 2.44. The van der Waals surface area contributed by atoms with Crippen molar-refractivity contribution in [3.05, 3.63) is 23.1 Å². The summed E-state index contributed by atoms with van der Waals surface area (Å²) in [7, 11) is 0. The first kappa shape index (κ1) is 4.98. The van der Waals surface area contributed by atoms with E-state index in [0.717, 1.165) is 12.8 Å². The van der Waals surface area contributed by atoms with Gasteiger partial charge in [-0.25, -0.2) is 0 Å². The first-order chi connectivity index (χ1) is 3.39. The lowest BCUT2D eigenvalue weighted by molar-refractivity contribution is 1.02. The summed E-state index contributed by atoms with van der Waals surface area (Å²) in [4.78, 5) is 1.20. The minimum Gasteiger partial charge on any atom is -0.148 e. The topological polar surface area (TPSA) is 0 Å². The lowest BCUT2D eigenvalue weighted by Crippen LogP contribution is -1.75. The largest absolute Gasteiger partial charge is 0.148 e. The van der Waals surface area contributed by atoms with Gasteiger partial charge in [0.15, 0.2) is 0 Å². The maximum Gasteiger partial charge on any atom is -0.0181 e. The number of hydrogen-bond acceptors (Lipinski definition) is 1. The summed E-state index contributed by atoms with van der Waals surface area (Å²) in [5, 5.41) is 0. The Bertz CT molecular complexity index is 111. The number of thiol groups is 1. The average Bonchev–Trinajstić information content (AvgIpc) is 1.69. The Labute approximate surface area is 49.3 Å². The van der Waals surface area contributed by atoms with E-state index in [-0.39, 0.29) is 0 Å². The molecule has 0 aliphatic heterocycles. The third kappa shape index (κ3) is 1.39. The molecule has 38 valence electrons. The molecule has 0 fully saturated rings. The zero-order valence-electron chi connectivity index (χ0n) is 4.09. The van der Waals surface area contributed by atoms with Crippen molar-refractivity contribution in [2.24, 2.45) is 0 Å². The van der Waals surface area contributed by atoms with Crippen LogP contribution in [0.1, 0.15) is 12.8 Å². The fourth-order valence-electron chi connectivity index (χ4n) is 0.590. The molecule has 0 aromatic heterocycles. The molecular weight excluding hydrogens is 104 g/mol. The minimum absolute atomic E-state index is 1.12. The molecule has 0 saturated carbocycles. The summed E-state index contributed by atoms with van der Waals surface area (Å²) in [5.41, 5.74) is 0. The summed E-state index contributed by atoms with van der Waals surface area (Å²) in [6.07, 6.45) is 8.52. The molecule has 0 nitrogen and oxygen atoms in total. The molecule has 0 spiro atoms. The Kier molecular flexibility index (Phi) is 1.58. The van der Waals surface area contributed by atoms with Gasteiger partial charge in [-0.2, -0.15) is 0 Å². The minimum atomic E-state index is 1.12. The fourth-order valence-corrected chi connectivity index (χ4v) is 0.805. The van der Waals surface area contributed by atoms with E-state index in [1.165, 1.54) is 4.91 Å². The van der Waals surface area contributed by atoms with Crippen LogP contribution in [0.3, 0.4) is 0 Å². The standard InChI is InChI=1S/C6H8S/c7-6-4-2-1-3-5-6/h1-2,4,7H,3,5H2. The summed E-state index contributed by atoms with van der Waals surface area (Å²) in [5.74, 6) is 0. The predicted octanol–water partition coefficient (Wildman–Crippen LogP) is 2.15. The smallest absolute Gasteiger partial charge is 0.0181 e. The molecule has 1 aliphatic carbocycles. The number of allylic oxidation sites excluding steroid dienone is 4. The van der Waals surface area contributed by atoms with E-state index in [0.29, 0.717) is 0 Å². The van der Waals surface area contributed by atoms with Crippen LogP contribution < -0.4 is 0 Å². The lowest BCUT2D eigenvalue weighted by atomic mass is 10.2. The van der Waals surface area contributed by atoms with E-state index in [4.69, 9.17) is 0 Å². The van der Waals surface area contributed by atoms with E-state index >= 15 is 0 Å². The van der Waals surface area contributed by atoms with Gasteiger partial charge >= 0.3 is 0 Å². The van der Waals surface area contributed by atoms with Crippen LogP contribution in [0.15, 0.2) is 23.1 Å². The Hall–Kier alpha value is -0.170. The molecule has 1 aliphatic rings. The van der Waals surface area contributed by atoms with Crippen LogP contribution in [0, 0.1) is 0 Å². The van der Waals surface area contributed by atoms with E-state index in [1.807, 2.05) is 12.2 Å². The van der Waals surface area contributed by atoms with Crippen LogP contribution >= 0.6 is 12.6 Å². The Morgan fingerprint density at radius 2 is 2.43 bits per heavy atom. The summed E-state index contributed by atoms with van der Waals surface area (Å²) < 4.78 is 0. The summed E-state index contributed by atoms with van der Waals surface area (Å²) in [6, 6.07) is 0. The van der Waals surface area contributed by atoms with Crippen LogP contribution in [0.2, 0.25) is 0 Å².